The third-order valence-corrected chi connectivity index (χ3v) is 2.44. The van der Waals surface area contributed by atoms with Gasteiger partial charge >= 0.3 is 11.9 Å². The molecule has 1 rings (SSSR count). The molecule has 0 aliphatic carbocycles. The molecule has 0 radical (unpaired) electrons. The zero-order chi connectivity index (χ0) is 13.5. The fraction of sp³-hybridized carbons (Fsp3) is 0.385. The Bertz CT molecular complexity index is 405. The number of ether oxygens (including phenoxy) is 1. The lowest BCUT2D eigenvalue weighted by molar-refractivity contribution is -0.147. The summed E-state index contributed by atoms with van der Waals surface area (Å²) in [5.74, 6) is -1.49. The summed E-state index contributed by atoms with van der Waals surface area (Å²) in [4.78, 5) is 22.7. The molecule has 5 heteroatoms. The van der Waals surface area contributed by atoms with Crippen LogP contribution in [-0.2, 0) is 14.3 Å². The van der Waals surface area contributed by atoms with Gasteiger partial charge in [-0.3, -0.25) is 10.1 Å². The Morgan fingerprint density at radius 3 is 2.44 bits per heavy atom. The highest BCUT2D eigenvalue weighted by molar-refractivity contribution is 5.79. The first-order chi connectivity index (χ1) is 8.56. The highest BCUT2D eigenvalue weighted by Gasteiger charge is 2.25. The number of nitrogens with one attached hydrogen (secondary N) is 1. The molecule has 0 amide bonds. The molecule has 0 spiro atoms. The predicted molar refractivity (Wildman–Crippen MR) is 66.0 cm³/mol. The average Bonchev–Trinajstić information content (AvgIpc) is 2.36. The minimum Gasteiger partial charge on any atom is -0.480 e. The summed E-state index contributed by atoms with van der Waals surface area (Å²) in [5.41, 5.74) is 0.684. The van der Waals surface area contributed by atoms with Crippen molar-refractivity contribution in [3.63, 3.8) is 0 Å². The van der Waals surface area contributed by atoms with E-state index in [2.05, 4.69) is 5.32 Å². The summed E-state index contributed by atoms with van der Waals surface area (Å²) in [5, 5.41) is 11.6. The van der Waals surface area contributed by atoms with E-state index in [0.717, 1.165) is 0 Å². The molecule has 0 heterocycles. The Morgan fingerprint density at radius 2 is 1.94 bits per heavy atom. The molecule has 98 valence electrons. The van der Waals surface area contributed by atoms with E-state index in [1.807, 2.05) is 6.07 Å². The van der Waals surface area contributed by atoms with Crippen LogP contribution in [0.25, 0.3) is 0 Å². The number of carboxylic acid groups (broad SMARTS) is 1. The van der Waals surface area contributed by atoms with Crippen LogP contribution in [-0.4, -0.2) is 29.7 Å². The predicted octanol–water partition coefficient (Wildman–Crippen LogP) is 1.35. The van der Waals surface area contributed by atoms with E-state index in [0.29, 0.717) is 5.56 Å². The maximum absolute atomic E-state index is 11.8. The van der Waals surface area contributed by atoms with E-state index in [1.54, 1.807) is 31.2 Å². The molecule has 0 saturated carbocycles. The van der Waals surface area contributed by atoms with Gasteiger partial charge in [0.2, 0.25) is 0 Å². The topological polar surface area (TPSA) is 75.6 Å². The number of esters is 1. The van der Waals surface area contributed by atoms with Gasteiger partial charge in [0.1, 0.15) is 12.1 Å². The standard InChI is InChI=1S/C13H17NO4/c1-3-18-13(17)11(14-9(2)12(15)16)10-7-5-4-6-8-10/h4-9,11,14H,3H2,1-2H3,(H,15,16)/t9-,11-/m0/s1. The first-order valence-electron chi connectivity index (χ1n) is 5.76. The molecule has 0 fully saturated rings. The van der Waals surface area contributed by atoms with E-state index in [1.165, 1.54) is 6.92 Å². The van der Waals surface area contributed by atoms with Gasteiger partial charge in [0.05, 0.1) is 6.61 Å². The van der Waals surface area contributed by atoms with Crippen molar-refractivity contribution in [2.75, 3.05) is 6.61 Å². The zero-order valence-corrected chi connectivity index (χ0v) is 10.4. The summed E-state index contributed by atoms with van der Waals surface area (Å²) in [6.07, 6.45) is 0. The summed E-state index contributed by atoms with van der Waals surface area (Å²) >= 11 is 0. The average molecular weight is 251 g/mol. The fourth-order valence-corrected chi connectivity index (χ4v) is 1.49. The molecule has 0 unspecified atom stereocenters. The van der Waals surface area contributed by atoms with Crippen LogP contribution in [0.5, 0.6) is 0 Å². The Balaban J connectivity index is 2.89. The Labute approximate surface area is 106 Å². The van der Waals surface area contributed by atoms with Gasteiger partial charge in [-0.2, -0.15) is 0 Å². The number of hydrogen-bond donors (Lipinski definition) is 2. The maximum Gasteiger partial charge on any atom is 0.327 e. The van der Waals surface area contributed by atoms with Crippen LogP contribution < -0.4 is 5.32 Å². The highest BCUT2D eigenvalue weighted by Crippen LogP contribution is 2.15. The Kier molecular flexibility index (Phi) is 5.32. The SMILES string of the molecule is CCOC(=O)[C@@H](N[C@@H](C)C(=O)O)c1ccccc1. The van der Waals surface area contributed by atoms with Crippen molar-refractivity contribution in [3.05, 3.63) is 35.9 Å². The Hall–Kier alpha value is -1.88. The smallest absolute Gasteiger partial charge is 0.327 e. The van der Waals surface area contributed by atoms with Gasteiger partial charge in [-0.1, -0.05) is 30.3 Å². The van der Waals surface area contributed by atoms with Gasteiger partial charge in [0.15, 0.2) is 0 Å². The van der Waals surface area contributed by atoms with Crippen LogP contribution in [0.2, 0.25) is 0 Å². The third kappa shape index (κ3) is 3.85. The van der Waals surface area contributed by atoms with E-state index >= 15 is 0 Å². The summed E-state index contributed by atoms with van der Waals surface area (Å²) in [6.45, 7) is 3.45. The van der Waals surface area contributed by atoms with Crippen molar-refractivity contribution < 1.29 is 19.4 Å². The van der Waals surface area contributed by atoms with Gasteiger partial charge in [0, 0.05) is 0 Å². The lowest BCUT2D eigenvalue weighted by Gasteiger charge is -2.20. The lowest BCUT2D eigenvalue weighted by Crippen LogP contribution is -2.40. The minimum atomic E-state index is -1.01. The lowest BCUT2D eigenvalue weighted by atomic mass is 10.1. The van der Waals surface area contributed by atoms with Crippen molar-refractivity contribution in [1.29, 1.82) is 0 Å². The van der Waals surface area contributed by atoms with Crippen LogP contribution >= 0.6 is 0 Å². The molecule has 0 aliphatic rings. The van der Waals surface area contributed by atoms with Crippen molar-refractivity contribution in [3.8, 4) is 0 Å². The molecule has 2 N–H and O–H groups in total. The zero-order valence-electron chi connectivity index (χ0n) is 10.4. The molecule has 5 nitrogen and oxygen atoms in total. The maximum atomic E-state index is 11.8. The second-order valence-electron chi connectivity index (χ2n) is 3.82. The number of benzene rings is 1. The monoisotopic (exact) mass is 251 g/mol. The number of carbonyl (C=O) groups excluding carboxylic acids is 1. The van der Waals surface area contributed by atoms with Gasteiger partial charge < -0.3 is 9.84 Å². The summed E-state index contributed by atoms with van der Waals surface area (Å²) < 4.78 is 4.94. The van der Waals surface area contributed by atoms with Crippen molar-refractivity contribution in [2.24, 2.45) is 0 Å². The number of hydrogen-bond acceptors (Lipinski definition) is 4. The van der Waals surface area contributed by atoms with E-state index < -0.39 is 24.0 Å². The van der Waals surface area contributed by atoms with E-state index in [9.17, 15) is 9.59 Å². The highest BCUT2D eigenvalue weighted by atomic mass is 16.5. The van der Waals surface area contributed by atoms with Crippen LogP contribution in [0, 0.1) is 0 Å². The quantitative estimate of drug-likeness (QED) is 0.746. The Morgan fingerprint density at radius 1 is 1.33 bits per heavy atom. The molecule has 0 aromatic heterocycles. The molecule has 2 atom stereocenters. The number of carbonyl (C=O) groups is 2. The van der Waals surface area contributed by atoms with Gasteiger partial charge in [0.25, 0.3) is 0 Å². The van der Waals surface area contributed by atoms with E-state index in [-0.39, 0.29) is 6.61 Å². The second-order valence-corrected chi connectivity index (χ2v) is 3.82. The van der Waals surface area contributed by atoms with Crippen molar-refractivity contribution in [1.82, 2.24) is 5.32 Å². The third-order valence-electron chi connectivity index (χ3n) is 2.44. The number of rotatable bonds is 6. The molecule has 0 saturated heterocycles. The number of aliphatic carboxylic acids is 1. The van der Waals surface area contributed by atoms with Gasteiger partial charge in [-0.05, 0) is 19.4 Å². The first-order valence-corrected chi connectivity index (χ1v) is 5.76. The van der Waals surface area contributed by atoms with Crippen molar-refractivity contribution >= 4 is 11.9 Å². The fourth-order valence-electron chi connectivity index (χ4n) is 1.49. The summed E-state index contributed by atoms with van der Waals surface area (Å²) in [7, 11) is 0. The molecule has 1 aromatic carbocycles. The normalized spacial score (nSPS) is 13.7. The molecule has 18 heavy (non-hydrogen) atoms. The van der Waals surface area contributed by atoms with E-state index in [4.69, 9.17) is 9.84 Å². The molecule has 1 aromatic rings. The van der Waals surface area contributed by atoms with Gasteiger partial charge in [-0.15, -0.1) is 0 Å². The number of carboxylic acids is 1. The van der Waals surface area contributed by atoms with Crippen molar-refractivity contribution in [2.45, 2.75) is 25.9 Å². The van der Waals surface area contributed by atoms with Crippen LogP contribution in [0.1, 0.15) is 25.5 Å². The molecule has 0 aliphatic heterocycles. The second kappa shape index (κ2) is 6.76. The van der Waals surface area contributed by atoms with Gasteiger partial charge in [-0.25, -0.2) is 4.79 Å². The first kappa shape index (κ1) is 14.2. The summed E-state index contributed by atoms with van der Waals surface area (Å²) in [6, 6.07) is 7.30. The van der Waals surface area contributed by atoms with Crippen LogP contribution in [0.3, 0.4) is 0 Å². The van der Waals surface area contributed by atoms with Crippen LogP contribution in [0.4, 0.5) is 0 Å². The molecule has 0 bridgehead atoms. The minimum absolute atomic E-state index is 0.255. The largest absolute Gasteiger partial charge is 0.480 e. The molecular weight excluding hydrogens is 234 g/mol. The molecular formula is C13H17NO4. The van der Waals surface area contributed by atoms with Crippen LogP contribution in [0.15, 0.2) is 30.3 Å².